The van der Waals surface area contributed by atoms with Crippen molar-refractivity contribution in [1.29, 1.82) is 0 Å². The van der Waals surface area contributed by atoms with E-state index in [0.29, 0.717) is 11.4 Å². The van der Waals surface area contributed by atoms with Gasteiger partial charge in [0, 0.05) is 18.6 Å². The van der Waals surface area contributed by atoms with Crippen LogP contribution in [0.3, 0.4) is 0 Å². The number of halogens is 1. The van der Waals surface area contributed by atoms with Gasteiger partial charge in [-0.2, -0.15) is 0 Å². The molecule has 5 nitrogen and oxygen atoms in total. The van der Waals surface area contributed by atoms with Gasteiger partial charge in [0.2, 0.25) is 0 Å². The normalized spacial score (nSPS) is 11.9. The first kappa shape index (κ1) is 14.9. The number of carbonyl (C=O) groups excluding carboxylic acids is 1. The summed E-state index contributed by atoms with van der Waals surface area (Å²) in [6, 6.07) is 9.28. The van der Waals surface area contributed by atoms with Crippen LogP contribution in [0.4, 0.5) is 4.39 Å². The van der Waals surface area contributed by atoms with Crippen LogP contribution in [0.2, 0.25) is 0 Å². The topological polar surface area (TPSA) is 59.8 Å². The fourth-order valence-electron chi connectivity index (χ4n) is 2.18. The molecule has 23 heavy (non-hydrogen) atoms. The number of carbonyl (C=O) groups is 1. The number of nitrogens with one attached hydrogen (secondary N) is 1. The minimum absolute atomic E-state index is 0.226. The summed E-state index contributed by atoms with van der Waals surface area (Å²) in [6.07, 6.45) is 6.59. The molecule has 0 aliphatic heterocycles. The van der Waals surface area contributed by atoms with E-state index in [-0.39, 0.29) is 17.8 Å². The Bertz CT molecular complexity index is 782. The van der Waals surface area contributed by atoms with Crippen LogP contribution in [-0.4, -0.2) is 20.4 Å². The molecule has 2 heterocycles. The zero-order chi connectivity index (χ0) is 16.2. The molecule has 3 rings (SSSR count). The molecule has 6 heteroatoms. The first-order valence-corrected chi connectivity index (χ1v) is 7.14. The molecule has 0 bridgehead atoms. The summed E-state index contributed by atoms with van der Waals surface area (Å²) in [7, 11) is 0. The molecular weight excluding hydrogens is 295 g/mol. The summed E-state index contributed by atoms with van der Waals surface area (Å²) in [6.45, 7) is 1.85. The maximum atomic E-state index is 12.9. The SMILES string of the molecule is C[C@H](NC(=O)c1ccc(-n2ccnc2)nc1)c1ccc(F)cc1. The van der Waals surface area contributed by atoms with Crippen LogP contribution in [0, 0.1) is 5.82 Å². The molecular formula is C17H15FN4O. The van der Waals surface area contributed by atoms with Crippen LogP contribution in [0.5, 0.6) is 0 Å². The van der Waals surface area contributed by atoms with Crippen molar-refractivity contribution >= 4 is 5.91 Å². The molecule has 116 valence electrons. The summed E-state index contributed by atoms with van der Waals surface area (Å²) in [5.74, 6) is 0.156. The highest BCUT2D eigenvalue weighted by atomic mass is 19.1. The summed E-state index contributed by atoms with van der Waals surface area (Å²) in [5.41, 5.74) is 1.30. The lowest BCUT2D eigenvalue weighted by molar-refractivity contribution is 0.0939. The van der Waals surface area contributed by atoms with Gasteiger partial charge in [-0.05, 0) is 36.8 Å². The first-order chi connectivity index (χ1) is 11.1. The maximum Gasteiger partial charge on any atom is 0.253 e. The lowest BCUT2D eigenvalue weighted by Crippen LogP contribution is -2.26. The zero-order valence-electron chi connectivity index (χ0n) is 12.5. The predicted molar refractivity (Wildman–Crippen MR) is 83.6 cm³/mol. The number of pyridine rings is 1. The van der Waals surface area contributed by atoms with Crippen molar-refractivity contribution in [2.45, 2.75) is 13.0 Å². The Morgan fingerprint density at radius 1 is 1.22 bits per heavy atom. The summed E-state index contributed by atoms with van der Waals surface area (Å²) in [4.78, 5) is 20.4. The van der Waals surface area contributed by atoms with Crippen molar-refractivity contribution in [1.82, 2.24) is 19.9 Å². The molecule has 0 spiro atoms. The van der Waals surface area contributed by atoms with Gasteiger partial charge in [-0.25, -0.2) is 14.4 Å². The maximum absolute atomic E-state index is 12.9. The van der Waals surface area contributed by atoms with E-state index in [1.807, 2.05) is 6.92 Å². The molecule has 0 aliphatic rings. The van der Waals surface area contributed by atoms with Gasteiger partial charge in [-0.1, -0.05) is 12.1 Å². The van der Waals surface area contributed by atoms with Crippen molar-refractivity contribution in [3.05, 3.63) is 78.3 Å². The van der Waals surface area contributed by atoms with E-state index in [4.69, 9.17) is 0 Å². The summed E-state index contributed by atoms with van der Waals surface area (Å²) < 4.78 is 14.7. The highest BCUT2D eigenvalue weighted by molar-refractivity contribution is 5.94. The second kappa shape index (κ2) is 6.39. The third-order valence-electron chi connectivity index (χ3n) is 3.50. The Kier molecular flexibility index (Phi) is 4.14. The van der Waals surface area contributed by atoms with Crippen LogP contribution in [0.25, 0.3) is 5.82 Å². The molecule has 2 aromatic heterocycles. The Morgan fingerprint density at radius 2 is 2.00 bits per heavy atom. The van der Waals surface area contributed by atoms with Crippen LogP contribution in [0.15, 0.2) is 61.3 Å². The lowest BCUT2D eigenvalue weighted by atomic mass is 10.1. The van der Waals surface area contributed by atoms with E-state index in [9.17, 15) is 9.18 Å². The predicted octanol–water partition coefficient (Wildman–Crippen LogP) is 2.90. The lowest BCUT2D eigenvalue weighted by Gasteiger charge is -2.14. The Hall–Kier alpha value is -3.02. The van der Waals surface area contributed by atoms with Crippen LogP contribution < -0.4 is 5.32 Å². The quantitative estimate of drug-likeness (QED) is 0.806. The molecule has 0 fully saturated rings. The minimum Gasteiger partial charge on any atom is -0.345 e. The number of imidazole rings is 1. The van der Waals surface area contributed by atoms with Gasteiger partial charge in [0.1, 0.15) is 18.0 Å². The number of benzene rings is 1. The second-order valence-electron chi connectivity index (χ2n) is 5.12. The van der Waals surface area contributed by atoms with E-state index >= 15 is 0 Å². The fraction of sp³-hybridized carbons (Fsp3) is 0.118. The molecule has 0 saturated heterocycles. The number of nitrogens with zero attached hydrogens (tertiary/aromatic N) is 3. The van der Waals surface area contributed by atoms with E-state index in [2.05, 4.69) is 15.3 Å². The van der Waals surface area contributed by atoms with Gasteiger partial charge in [0.05, 0.1) is 11.6 Å². The molecule has 3 aromatic rings. The third-order valence-corrected chi connectivity index (χ3v) is 3.50. The first-order valence-electron chi connectivity index (χ1n) is 7.14. The smallest absolute Gasteiger partial charge is 0.253 e. The van der Waals surface area contributed by atoms with E-state index in [1.165, 1.54) is 18.3 Å². The fourth-order valence-corrected chi connectivity index (χ4v) is 2.18. The molecule has 0 unspecified atom stereocenters. The van der Waals surface area contributed by atoms with Gasteiger partial charge in [0.25, 0.3) is 5.91 Å². The molecule has 1 N–H and O–H groups in total. The van der Waals surface area contributed by atoms with Crippen molar-refractivity contribution < 1.29 is 9.18 Å². The van der Waals surface area contributed by atoms with Gasteiger partial charge in [-0.15, -0.1) is 0 Å². The van der Waals surface area contributed by atoms with Crippen molar-refractivity contribution in [2.24, 2.45) is 0 Å². The minimum atomic E-state index is -0.299. The molecule has 0 aliphatic carbocycles. The van der Waals surface area contributed by atoms with Crippen molar-refractivity contribution in [2.75, 3.05) is 0 Å². The molecule has 0 saturated carbocycles. The Balaban J connectivity index is 1.69. The van der Waals surface area contributed by atoms with Gasteiger partial charge in [-0.3, -0.25) is 9.36 Å². The van der Waals surface area contributed by atoms with Gasteiger partial charge < -0.3 is 5.32 Å². The van der Waals surface area contributed by atoms with Crippen LogP contribution in [-0.2, 0) is 0 Å². The summed E-state index contributed by atoms with van der Waals surface area (Å²) in [5, 5.41) is 2.87. The standard InChI is InChI=1S/C17H15FN4O/c1-12(13-2-5-15(18)6-3-13)21-17(23)14-4-7-16(20-10-14)22-9-8-19-11-22/h2-12H,1H3,(H,21,23)/t12-/m0/s1. The number of hydrogen-bond donors (Lipinski definition) is 1. The van der Waals surface area contributed by atoms with E-state index in [1.54, 1.807) is 47.6 Å². The largest absolute Gasteiger partial charge is 0.345 e. The summed E-state index contributed by atoms with van der Waals surface area (Å²) >= 11 is 0. The molecule has 1 aromatic carbocycles. The average molecular weight is 310 g/mol. The highest BCUT2D eigenvalue weighted by Gasteiger charge is 2.12. The van der Waals surface area contributed by atoms with Crippen LogP contribution in [0.1, 0.15) is 28.9 Å². The third kappa shape index (κ3) is 3.42. The second-order valence-corrected chi connectivity index (χ2v) is 5.12. The highest BCUT2D eigenvalue weighted by Crippen LogP contribution is 2.14. The van der Waals surface area contributed by atoms with Crippen molar-refractivity contribution in [3.63, 3.8) is 0 Å². The van der Waals surface area contributed by atoms with E-state index in [0.717, 1.165) is 5.56 Å². The average Bonchev–Trinajstić information content (AvgIpc) is 3.10. The monoisotopic (exact) mass is 310 g/mol. The number of rotatable bonds is 4. The van der Waals surface area contributed by atoms with E-state index < -0.39 is 0 Å². The molecule has 1 atom stereocenters. The zero-order valence-corrected chi connectivity index (χ0v) is 12.5. The Morgan fingerprint density at radius 3 is 2.61 bits per heavy atom. The number of hydrogen-bond acceptors (Lipinski definition) is 3. The molecule has 1 amide bonds. The van der Waals surface area contributed by atoms with Gasteiger partial charge >= 0.3 is 0 Å². The molecule has 0 radical (unpaired) electrons. The number of aromatic nitrogens is 3. The van der Waals surface area contributed by atoms with Gasteiger partial charge in [0.15, 0.2) is 0 Å². The van der Waals surface area contributed by atoms with Crippen LogP contribution >= 0.6 is 0 Å². The Labute approximate surface area is 132 Å². The number of amides is 1. The van der Waals surface area contributed by atoms with Crippen molar-refractivity contribution in [3.8, 4) is 5.82 Å².